The Morgan fingerprint density at radius 2 is 2.15 bits per heavy atom. The van der Waals surface area contributed by atoms with E-state index in [1.54, 1.807) is 19.3 Å². The predicted octanol–water partition coefficient (Wildman–Crippen LogP) is 0.530. The van der Waals surface area contributed by atoms with Crippen LogP contribution in [0, 0.1) is 5.82 Å². The minimum absolute atomic E-state index is 0.0280. The summed E-state index contributed by atoms with van der Waals surface area (Å²) in [5.41, 5.74) is 0.805. The molecule has 20 heavy (non-hydrogen) atoms. The van der Waals surface area contributed by atoms with Gasteiger partial charge in [0.05, 0.1) is 23.7 Å². The zero-order chi connectivity index (χ0) is 14.8. The summed E-state index contributed by atoms with van der Waals surface area (Å²) in [5, 5.41) is 13.1. The summed E-state index contributed by atoms with van der Waals surface area (Å²) in [4.78, 5) is -0.262. The van der Waals surface area contributed by atoms with Gasteiger partial charge in [0.15, 0.2) is 0 Å². The molecule has 0 aliphatic rings. The molecular weight excluding hydrogens is 285 g/mol. The third-order valence-corrected chi connectivity index (χ3v) is 4.34. The van der Waals surface area contributed by atoms with E-state index in [1.807, 2.05) is 0 Å². The van der Waals surface area contributed by atoms with Gasteiger partial charge in [-0.1, -0.05) is 6.07 Å². The summed E-state index contributed by atoms with van der Waals surface area (Å²) in [5.74, 6) is -0.678. The third kappa shape index (κ3) is 3.03. The fraction of sp³-hybridized carbons (Fsp3) is 0.250. The minimum atomic E-state index is -3.91. The summed E-state index contributed by atoms with van der Waals surface area (Å²) in [6, 6.07) is 4.90. The molecular formula is C12H14FN3O3S. The van der Waals surface area contributed by atoms with Crippen LogP contribution in [0.15, 0.2) is 35.4 Å². The van der Waals surface area contributed by atoms with Crippen molar-refractivity contribution in [2.24, 2.45) is 7.05 Å². The lowest BCUT2D eigenvalue weighted by molar-refractivity contribution is 0.278. The highest BCUT2D eigenvalue weighted by Gasteiger charge is 2.19. The van der Waals surface area contributed by atoms with E-state index in [9.17, 15) is 12.8 Å². The van der Waals surface area contributed by atoms with Crippen LogP contribution < -0.4 is 4.72 Å². The first-order chi connectivity index (χ1) is 9.44. The molecule has 1 heterocycles. The quantitative estimate of drug-likeness (QED) is 0.843. The Hall–Kier alpha value is -1.77. The predicted molar refractivity (Wildman–Crippen MR) is 69.6 cm³/mol. The van der Waals surface area contributed by atoms with Crippen molar-refractivity contribution in [3.05, 3.63) is 47.5 Å². The van der Waals surface area contributed by atoms with Crippen LogP contribution in [0.1, 0.15) is 11.3 Å². The van der Waals surface area contributed by atoms with E-state index in [0.717, 1.165) is 12.1 Å². The van der Waals surface area contributed by atoms with Crippen LogP contribution in [0.2, 0.25) is 0 Å². The largest absolute Gasteiger partial charge is 0.392 e. The Morgan fingerprint density at radius 1 is 1.40 bits per heavy atom. The van der Waals surface area contributed by atoms with Crippen molar-refractivity contribution in [3.63, 3.8) is 0 Å². The molecule has 108 valence electrons. The van der Waals surface area contributed by atoms with Crippen LogP contribution >= 0.6 is 0 Å². The molecule has 8 heteroatoms. The normalized spacial score (nSPS) is 11.8. The van der Waals surface area contributed by atoms with E-state index in [4.69, 9.17) is 5.11 Å². The number of aromatic nitrogens is 2. The van der Waals surface area contributed by atoms with Gasteiger partial charge < -0.3 is 5.11 Å². The number of sulfonamides is 1. The Bertz CT molecular complexity index is 712. The van der Waals surface area contributed by atoms with Crippen molar-refractivity contribution in [3.8, 4) is 0 Å². The summed E-state index contributed by atoms with van der Waals surface area (Å²) in [6.07, 6.45) is 1.55. The van der Waals surface area contributed by atoms with Crippen LogP contribution in [-0.4, -0.2) is 23.3 Å². The highest BCUT2D eigenvalue weighted by molar-refractivity contribution is 7.89. The monoisotopic (exact) mass is 299 g/mol. The zero-order valence-corrected chi connectivity index (χ0v) is 11.6. The molecule has 0 radical (unpaired) electrons. The minimum Gasteiger partial charge on any atom is -0.392 e. The molecule has 0 spiro atoms. The number of nitrogens with one attached hydrogen (secondary N) is 1. The van der Waals surface area contributed by atoms with Gasteiger partial charge in [0.25, 0.3) is 0 Å². The van der Waals surface area contributed by atoms with Gasteiger partial charge in [-0.15, -0.1) is 0 Å². The van der Waals surface area contributed by atoms with E-state index >= 15 is 0 Å². The van der Waals surface area contributed by atoms with Crippen molar-refractivity contribution < 1.29 is 17.9 Å². The summed E-state index contributed by atoms with van der Waals surface area (Å²) in [7, 11) is -2.22. The highest BCUT2D eigenvalue weighted by atomic mass is 32.2. The molecule has 0 atom stereocenters. The van der Waals surface area contributed by atoms with Crippen molar-refractivity contribution >= 4 is 10.0 Å². The molecule has 2 rings (SSSR count). The van der Waals surface area contributed by atoms with Crippen molar-refractivity contribution in [2.45, 2.75) is 18.0 Å². The van der Waals surface area contributed by atoms with Gasteiger partial charge in [-0.3, -0.25) is 4.68 Å². The van der Waals surface area contributed by atoms with E-state index in [-0.39, 0.29) is 17.0 Å². The van der Waals surface area contributed by atoms with E-state index in [1.165, 1.54) is 10.7 Å². The zero-order valence-electron chi connectivity index (χ0n) is 10.7. The van der Waals surface area contributed by atoms with Crippen LogP contribution in [0.3, 0.4) is 0 Å². The number of aliphatic hydroxyl groups is 1. The van der Waals surface area contributed by atoms with E-state index in [2.05, 4.69) is 9.82 Å². The molecule has 0 saturated carbocycles. The molecule has 2 N–H and O–H groups in total. The average molecular weight is 299 g/mol. The van der Waals surface area contributed by atoms with Crippen molar-refractivity contribution in [2.75, 3.05) is 0 Å². The molecule has 2 aromatic rings. The molecule has 0 unspecified atom stereocenters. The van der Waals surface area contributed by atoms with E-state index in [0.29, 0.717) is 5.69 Å². The SMILES string of the molecule is Cn1nccc1CNS(=O)(=O)c1cc(F)ccc1CO. The maximum atomic E-state index is 13.2. The van der Waals surface area contributed by atoms with Gasteiger partial charge in [-0.05, 0) is 23.8 Å². The molecule has 0 amide bonds. The number of aryl methyl sites for hydroxylation is 1. The van der Waals surface area contributed by atoms with Gasteiger partial charge in [0.1, 0.15) is 5.82 Å². The smallest absolute Gasteiger partial charge is 0.241 e. The first-order valence-electron chi connectivity index (χ1n) is 5.80. The van der Waals surface area contributed by atoms with E-state index < -0.39 is 22.4 Å². The van der Waals surface area contributed by atoms with Gasteiger partial charge in [-0.2, -0.15) is 5.10 Å². The number of aliphatic hydroxyl groups excluding tert-OH is 1. The summed E-state index contributed by atoms with van der Waals surface area (Å²) >= 11 is 0. The average Bonchev–Trinajstić information content (AvgIpc) is 2.82. The molecule has 0 fully saturated rings. The number of hydrogen-bond acceptors (Lipinski definition) is 4. The first-order valence-corrected chi connectivity index (χ1v) is 7.28. The Kier molecular flexibility index (Phi) is 4.17. The highest BCUT2D eigenvalue weighted by Crippen LogP contribution is 2.17. The molecule has 0 aliphatic heterocycles. The second kappa shape index (κ2) is 5.70. The molecule has 1 aromatic carbocycles. The molecule has 0 saturated heterocycles. The second-order valence-electron chi connectivity index (χ2n) is 4.18. The fourth-order valence-electron chi connectivity index (χ4n) is 1.73. The first kappa shape index (κ1) is 14.6. The van der Waals surface area contributed by atoms with Gasteiger partial charge in [0, 0.05) is 13.2 Å². The van der Waals surface area contributed by atoms with Gasteiger partial charge >= 0.3 is 0 Å². The van der Waals surface area contributed by atoms with Crippen LogP contribution in [0.4, 0.5) is 4.39 Å². The second-order valence-corrected chi connectivity index (χ2v) is 5.92. The lowest BCUT2D eigenvalue weighted by Crippen LogP contribution is -2.25. The standard InChI is InChI=1S/C12H14FN3O3S/c1-16-11(4-5-14-16)7-15-20(18,19)12-6-10(13)3-2-9(12)8-17/h2-6,15,17H,7-8H2,1H3. The molecule has 1 aromatic heterocycles. The fourth-order valence-corrected chi connectivity index (χ4v) is 2.97. The third-order valence-electron chi connectivity index (χ3n) is 2.85. The van der Waals surface area contributed by atoms with Crippen molar-refractivity contribution in [1.82, 2.24) is 14.5 Å². The summed E-state index contributed by atoms with van der Waals surface area (Å²) < 4.78 is 41.4. The Morgan fingerprint density at radius 3 is 2.75 bits per heavy atom. The maximum absolute atomic E-state index is 13.2. The van der Waals surface area contributed by atoms with Gasteiger partial charge in [-0.25, -0.2) is 17.5 Å². The number of benzene rings is 1. The lowest BCUT2D eigenvalue weighted by atomic mass is 10.2. The van der Waals surface area contributed by atoms with Crippen molar-refractivity contribution in [1.29, 1.82) is 0 Å². The maximum Gasteiger partial charge on any atom is 0.241 e. The molecule has 0 aliphatic carbocycles. The van der Waals surface area contributed by atoms with Crippen LogP contribution in [0.5, 0.6) is 0 Å². The number of rotatable bonds is 5. The Labute approximate surface area is 115 Å². The lowest BCUT2D eigenvalue weighted by Gasteiger charge is -2.10. The number of halogens is 1. The number of nitrogens with zero attached hydrogens (tertiary/aromatic N) is 2. The Balaban J connectivity index is 2.26. The van der Waals surface area contributed by atoms with Crippen LogP contribution in [-0.2, 0) is 30.2 Å². The molecule has 6 nitrogen and oxygen atoms in total. The van der Waals surface area contributed by atoms with Gasteiger partial charge in [0.2, 0.25) is 10.0 Å². The number of hydrogen-bond donors (Lipinski definition) is 2. The topological polar surface area (TPSA) is 84.2 Å². The molecule has 0 bridgehead atoms. The summed E-state index contributed by atoms with van der Waals surface area (Å²) in [6.45, 7) is -0.456. The van der Waals surface area contributed by atoms with Crippen LogP contribution in [0.25, 0.3) is 0 Å².